The van der Waals surface area contributed by atoms with Crippen molar-refractivity contribution in [1.82, 2.24) is 13.8 Å². The lowest BCUT2D eigenvalue weighted by Gasteiger charge is -2.48. The zero-order valence-corrected chi connectivity index (χ0v) is 21.8. The van der Waals surface area contributed by atoms with Gasteiger partial charge in [0.05, 0.1) is 8.22 Å². The third-order valence-electron chi connectivity index (χ3n) is 5.86. The predicted molar refractivity (Wildman–Crippen MR) is 132 cm³/mol. The lowest BCUT2D eigenvalue weighted by molar-refractivity contribution is 0.468. The summed E-state index contributed by atoms with van der Waals surface area (Å²) in [4.78, 5) is 0. The van der Waals surface area contributed by atoms with Gasteiger partial charge in [0.25, 0.3) is 0 Å². The minimum atomic E-state index is -0.280. The fraction of sp³-hybridized carbons (Fsp3) is 0.913. The van der Waals surface area contributed by atoms with Gasteiger partial charge < -0.3 is 0 Å². The van der Waals surface area contributed by atoms with Gasteiger partial charge in [-0.25, -0.2) is 4.44 Å². The van der Waals surface area contributed by atoms with Gasteiger partial charge in [-0.3, -0.25) is 9.34 Å². The molecule has 0 saturated carbocycles. The highest BCUT2D eigenvalue weighted by Gasteiger charge is 2.36. The first-order chi connectivity index (χ1) is 13.5. The average molecular weight is 430 g/mol. The van der Waals surface area contributed by atoms with E-state index in [0.29, 0.717) is 0 Å². The van der Waals surface area contributed by atoms with E-state index in [2.05, 4.69) is 74.8 Å². The van der Waals surface area contributed by atoms with Crippen molar-refractivity contribution in [2.75, 3.05) is 34.2 Å². The topological polar surface area (TPSA) is 9.72 Å². The van der Waals surface area contributed by atoms with Gasteiger partial charge in [-0.05, 0) is 59.7 Å². The quantitative estimate of drug-likeness (QED) is 0.195. The smallest absolute Gasteiger partial charge is 0.0509 e. The number of allylic oxidation sites excluding steroid dienone is 2. The summed E-state index contributed by atoms with van der Waals surface area (Å²) < 4.78 is 8.33. The normalized spacial score (nSPS) is 20.9. The Bertz CT molecular complexity index is 405. The Hall–Kier alpha value is 0.480. The summed E-state index contributed by atoms with van der Waals surface area (Å²) in [6, 6.07) is 0. The Kier molecular flexibility index (Phi) is 14.5. The highest BCUT2D eigenvalue weighted by atomic mass is 31.2. The van der Waals surface area contributed by atoms with Gasteiger partial charge >= 0.3 is 0 Å². The molecule has 0 aliphatic heterocycles. The maximum atomic E-state index is 2.87. The van der Waals surface area contributed by atoms with Crippen molar-refractivity contribution < 1.29 is 0 Å². The van der Waals surface area contributed by atoms with Crippen molar-refractivity contribution in [3.05, 3.63) is 12.2 Å². The van der Waals surface area contributed by atoms with Crippen LogP contribution in [0.3, 0.4) is 0 Å². The largest absolute Gasteiger partial charge is 0.273 e. The van der Waals surface area contributed by atoms with Crippen molar-refractivity contribution in [1.29, 1.82) is 0 Å². The fourth-order valence-corrected chi connectivity index (χ4v) is 11.6. The summed E-state index contributed by atoms with van der Waals surface area (Å²) in [6.45, 7) is 12.0. The standard InChI is InChI=1S/C23H49N3P2/c1-8-11-17-22(4)27(24(5)20-12-9-2)26(7)28(25(6)21-13-10-3)23-18-15-14-16-19-23/h15,18,22-23H,8-14,16-17,19-21H2,1-7H3. The van der Waals surface area contributed by atoms with Crippen LogP contribution >= 0.6 is 16.4 Å². The van der Waals surface area contributed by atoms with Crippen LogP contribution in [0.15, 0.2) is 12.2 Å². The van der Waals surface area contributed by atoms with E-state index < -0.39 is 0 Å². The molecule has 0 amide bonds. The van der Waals surface area contributed by atoms with Gasteiger partial charge in [0, 0.05) is 32.6 Å². The molecule has 0 bridgehead atoms. The second kappa shape index (κ2) is 15.3. The molecule has 28 heavy (non-hydrogen) atoms. The minimum absolute atomic E-state index is 0.259. The van der Waals surface area contributed by atoms with E-state index in [-0.39, 0.29) is 16.4 Å². The molecule has 0 spiro atoms. The Balaban J connectivity index is 3.07. The molecule has 0 N–H and O–H groups in total. The molecule has 0 radical (unpaired) electrons. The van der Waals surface area contributed by atoms with E-state index in [4.69, 9.17) is 0 Å². The Morgan fingerprint density at radius 2 is 1.54 bits per heavy atom. The molecule has 0 heterocycles. The van der Waals surface area contributed by atoms with Crippen molar-refractivity contribution in [2.24, 2.45) is 0 Å². The molecule has 166 valence electrons. The van der Waals surface area contributed by atoms with Crippen LogP contribution in [-0.2, 0) is 0 Å². The average Bonchev–Trinajstić information content (AvgIpc) is 2.70. The maximum absolute atomic E-state index is 2.87. The highest BCUT2D eigenvalue weighted by Crippen LogP contribution is 2.64. The van der Waals surface area contributed by atoms with E-state index in [0.717, 1.165) is 11.3 Å². The Morgan fingerprint density at radius 3 is 2.07 bits per heavy atom. The lowest BCUT2D eigenvalue weighted by Crippen LogP contribution is -2.34. The van der Waals surface area contributed by atoms with Crippen molar-refractivity contribution >= 4 is 16.4 Å². The summed E-state index contributed by atoms with van der Waals surface area (Å²) in [5.41, 5.74) is 1.51. The third kappa shape index (κ3) is 8.69. The number of rotatable bonds is 15. The molecule has 0 aromatic rings. The van der Waals surface area contributed by atoms with E-state index in [1.54, 1.807) is 0 Å². The van der Waals surface area contributed by atoms with Crippen LogP contribution < -0.4 is 0 Å². The molecule has 3 nitrogen and oxygen atoms in total. The summed E-state index contributed by atoms with van der Waals surface area (Å²) >= 11 is 0. The first kappa shape index (κ1) is 26.5. The molecule has 1 rings (SSSR count). The molecule has 4 atom stereocenters. The van der Waals surface area contributed by atoms with Gasteiger partial charge in [-0.1, -0.05) is 65.5 Å². The van der Waals surface area contributed by atoms with Crippen LogP contribution in [0.4, 0.5) is 0 Å². The summed E-state index contributed by atoms with van der Waals surface area (Å²) in [5.74, 6) is 0. The fourth-order valence-electron chi connectivity index (χ4n) is 4.21. The molecule has 1 aliphatic carbocycles. The molecule has 0 fully saturated rings. The zero-order valence-electron chi connectivity index (χ0n) is 20.0. The van der Waals surface area contributed by atoms with Crippen molar-refractivity contribution in [2.45, 2.75) is 103 Å². The number of unbranched alkanes of at least 4 members (excludes halogenated alkanes) is 3. The summed E-state index contributed by atoms with van der Waals surface area (Å²) in [5, 5.41) is 0. The lowest BCUT2D eigenvalue weighted by atomic mass is 10.1. The Labute approximate surface area is 180 Å². The molecular formula is C23H49N3P2. The van der Waals surface area contributed by atoms with Gasteiger partial charge in [-0.2, -0.15) is 0 Å². The zero-order chi connectivity index (χ0) is 20.9. The van der Waals surface area contributed by atoms with E-state index >= 15 is 0 Å². The summed E-state index contributed by atoms with van der Waals surface area (Å²) in [7, 11) is 6.72. The van der Waals surface area contributed by atoms with Gasteiger partial charge in [0.15, 0.2) is 0 Å². The first-order valence-electron chi connectivity index (χ1n) is 11.9. The van der Waals surface area contributed by atoms with Crippen LogP contribution in [0.2, 0.25) is 0 Å². The molecule has 0 aromatic heterocycles. The first-order valence-corrected chi connectivity index (χ1v) is 14.5. The second-order valence-electron chi connectivity index (χ2n) is 8.52. The van der Waals surface area contributed by atoms with E-state index in [1.165, 1.54) is 77.3 Å². The molecule has 4 unspecified atom stereocenters. The van der Waals surface area contributed by atoms with E-state index in [1.807, 2.05) is 0 Å². The van der Waals surface area contributed by atoms with Crippen LogP contribution in [0.25, 0.3) is 0 Å². The van der Waals surface area contributed by atoms with Gasteiger partial charge in [-0.15, -0.1) is 0 Å². The van der Waals surface area contributed by atoms with Crippen LogP contribution in [-0.4, -0.2) is 59.3 Å². The Morgan fingerprint density at radius 1 is 0.929 bits per heavy atom. The molecule has 5 heteroatoms. The predicted octanol–water partition coefficient (Wildman–Crippen LogP) is 7.69. The monoisotopic (exact) mass is 429 g/mol. The van der Waals surface area contributed by atoms with Gasteiger partial charge in [0.1, 0.15) is 0 Å². The number of nitrogens with zero attached hydrogens (tertiary/aromatic N) is 3. The number of hydrogen-bond donors (Lipinski definition) is 0. The maximum Gasteiger partial charge on any atom is 0.0509 e. The second-order valence-corrected chi connectivity index (χ2v) is 14.2. The van der Waals surface area contributed by atoms with Crippen molar-refractivity contribution in [3.8, 4) is 0 Å². The SMILES string of the molecule is CCCCC(C)P(N(C)CCCC)N(C)P(C1C=CCCC1)N(C)CCCC. The summed E-state index contributed by atoms with van der Waals surface area (Å²) in [6.07, 6.45) is 18.3. The molecule has 1 aliphatic rings. The highest BCUT2D eigenvalue weighted by molar-refractivity contribution is 7.68. The van der Waals surface area contributed by atoms with Crippen LogP contribution in [0, 0.1) is 0 Å². The minimum Gasteiger partial charge on any atom is -0.273 e. The van der Waals surface area contributed by atoms with E-state index in [9.17, 15) is 0 Å². The molecule has 0 saturated heterocycles. The number of hydrogen-bond acceptors (Lipinski definition) is 3. The van der Waals surface area contributed by atoms with Crippen molar-refractivity contribution in [3.63, 3.8) is 0 Å². The van der Waals surface area contributed by atoms with Crippen LogP contribution in [0.1, 0.15) is 91.9 Å². The van der Waals surface area contributed by atoms with Gasteiger partial charge in [0.2, 0.25) is 0 Å². The molecular weight excluding hydrogens is 380 g/mol. The van der Waals surface area contributed by atoms with Crippen LogP contribution in [0.5, 0.6) is 0 Å². The third-order valence-corrected chi connectivity index (χ3v) is 12.0. The molecule has 0 aromatic carbocycles.